The molecule has 0 radical (unpaired) electrons. The molecule has 2 rings (SSSR count). The highest BCUT2D eigenvalue weighted by atomic mass is 16.5. The smallest absolute Gasteiger partial charge is 0.255 e. The molecule has 5 nitrogen and oxygen atoms in total. The lowest BCUT2D eigenvalue weighted by atomic mass is 10.1. The number of anilines is 2. The van der Waals surface area contributed by atoms with E-state index in [0.29, 0.717) is 22.7 Å². The van der Waals surface area contributed by atoms with Gasteiger partial charge < -0.3 is 15.4 Å². The fraction of sp³-hybridized carbons (Fsp3) is 0.222. The summed E-state index contributed by atoms with van der Waals surface area (Å²) in [6.45, 7) is 5.30. The third-order valence-corrected chi connectivity index (χ3v) is 3.39. The van der Waals surface area contributed by atoms with E-state index >= 15 is 0 Å². The summed E-state index contributed by atoms with van der Waals surface area (Å²) in [5.41, 5.74) is 3.74. The van der Waals surface area contributed by atoms with Crippen LogP contribution in [0.25, 0.3) is 0 Å². The van der Waals surface area contributed by atoms with Gasteiger partial charge in [-0.3, -0.25) is 9.59 Å². The van der Waals surface area contributed by atoms with Crippen molar-refractivity contribution in [2.24, 2.45) is 0 Å². The minimum absolute atomic E-state index is 0.193. The summed E-state index contributed by atoms with van der Waals surface area (Å²) in [6, 6.07) is 10.8. The summed E-state index contributed by atoms with van der Waals surface area (Å²) in [5, 5.41) is 5.52. The summed E-state index contributed by atoms with van der Waals surface area (Å²) in [6.07, 6.45) is 0. The predicted molar refractivity (Wildman–Crippen MR) is 91.2 cm³/mol. The van der Waals surface area contributed by atoms with Crippen LogP contribution in [-0.2, 0) is 4.79 Å². The molecule has 0 bridgehead atoms. The molecular weight excluding hydrogens is 292 g/mol. The van der Waals surface area contributed by atoms with E-state index in [1.54, 1.807) is 24.3 Å². The molecule has 5 heteroatoms. The van der Waals surface area contributed by atoms with Crippen molar-refractivity contribution in [1.29, 1.82) is 0 Å². The van der Waals surface area contributed by atoms with E-state index in [2.05, 4.69) is 10.6 Å². The standard InChI is InChI=1S/C18H20N2O3/c1-11-5-7-15(12(2)9-11)18(22)20-14-6-8-17(23-4)16(10-14)19-13(3)21/h5-10H,1-4H3,(H,19,21)(H,20,22). The highest BCUT2D eigenvalue weighted by Gasteiger charge is 2.11. The molecule has 2 N–H and O–H groups in total. The second kappa shape index (κ2) is 6.96. The largest absolute Gasteiger partial charge is 0.495 e. The Morgan fingerprint density at radius 3 is 2.35 bits per heavy atom. The van der Waals surface area contributed by atoms with Crippen LogP contribution < -0.4 is 15.4 Å². The molecule has 23 heavy (non-hydrogen) atoms. The summed E-state index contributed by atoms with van der Waals surface area (Å²) in [5.74, 6) is 0.132. The van der Waals surface area contributed by atoms with Gasteiger partial charge in [-0.2, -0.15) is 0 Å². The second-order valence-electron chi connectivity index (χ2n) is 5.37. The summed E-state index contributed by atoms with van der Waals surface area (Å²) >= 11 is 0. The van der Waals surface area contributed by atoms with Gasteiger partial charge in [0.15, 0.2) is 0 Å². The van der Waals surface area contributed by atoms with Gasteiger partial charge in [0.1, 0.15) is 5.75 Å². The van der Waals surface area contributed by atoms with Crippen molar-refractivity contribution >= 4 is 23.2 Å². The molecule has 0 aliphatic carbocycles. The van der Waals surface area contributed by atoms with Crippen LogP contribution in [0.4, 0.5) is 11.4 Å². The molecule has 0 atom stereocenters. The highest BCUT2D eigenvalue weighted by molar-refractivity contribution is 6.05. The molecule has 0 aliphatic rings. The molecular formula is C18H20N2O3. The molecule has 0 saturated heterocycles. The zero-order chi connectivity index (χ0) is 17.0. The first-order valence-corrected chi connectivity index (χ1v) is 7.25. The zero-order valence-corrected chi connectivity index (χ0v) is 13.7. The lowest BCUT2D eigenvalue weighted by Crippen LogP contribution is -2.14. The maximum absolute atomic E-state index is 12.4. The van der Waals surface area contributed by atoms with E-state index in [1.807, 2.05) is 26.0 Å². The van der Waals surface area contributed by atoms with Gasteiger partial charge in [0.05, 0.1) is 12.8 Å². The Bertz CT molecular complexity index is 754. The van der Waals surface area contributed by atoms with Crippen molar-refractivity contribution in [2.45, 2.75) is 20.8 Å². The first-order valence-electron chi connectivity index (χ1n) is 7.25. The Hall–Kier alpha value is -2.82. The first-order chi connectivity index (χ1) is 10.9. The van der Waals surface area contributed by atoms with Crippen molar-refractivity contribution in [3.05, 3.63) is 53.1 Å². The van der Waals surface area contributed by atoms with E-state index < -0.39 is 0 Å². The van der Waals surface area contributed by atoms with Crippen LogP contribution in [0.15, 0.2) is 36.4 Å². The van der Waals surface area contributed by atoms with Gasteiger partial charge in [0.25, 0.3) is 5.91 Å². The number of carbonyl (C=O) groups excluding carboxylic acids is 2. The maximum atomic E-state index is 12.4. The Balaban J connectivity index is 2.25. The van der Waals surface area contributed by atoms with Gasteiger partial charge in [-0.25, -0.2) is 0 Å². The first kappa shape index (κ1) is 16.5. The van der Waals surface area contributed by atoms with Crippen molar-refractivity contribution in [3.8, 4) is 5.75 Å². The number of ether oxygens (including phenoxy) is 1. The maximum Gasteiger partial charge on any atom is 0.255 e. The van der Waals surface area contributed by atoms with Crippen LogP contribution in [0, 0.1) is 13.8 Å². The Morgan fingerprint density at radius 1 is 1.00 bits per heavy atom. The normalized spacial score (nSPS) is 10.1. The third kappa shape index (κ3) is 4.10. The minimum atomic E-state index is -0.207. The molecule has 0 fully saturated rings. The number of carbonyl (C=O) groups is 2. The molecule has 0 heterocycles. The van der Waals surface area contributed by atoms with Crippen LogP contribution in [0.1, 0.15) is 28.4 Å². The van der Waals surface area contributed by atoms with Crippen molar-refractivity contribution in [2.75, 3.05) is 17.7 Å². The number of hydrogen-bond donors (Lipinski definition) is 2. The van der Waals surface area contributed by atoms with Gasteiger partial charge in [-0.1, -0.05) is 17.7 Å². The number of aryl methyl sites for hydroxylation is 2. The number of benzene rings is 2. The summed E-state index contributed by atoms with van der Waals surface area (Å²) in [7, 11) is 1.52. The van der Waals surface area contributed by atoms with Crippen LogP contribution in [0.5, 0.6) is 5.75 Å². The SMILES string of the molecule is COc1ccc(NC(=O)c2ccc(C)cc2C)cc1NC(C)=O. The van der Waals surface area contributed by atoms with Crippen molar-refractivity contribution < 1.29 is 14.3 Å². The van der Waals surface area contributed by atoms with E-state index in [0.717, 1.165) is 11.1 Å². The molecule has 2 amide bonds. The van der Waals surface area contributed by atoms with Crippen molar-refractivity contribution in [3.63, 3.8) is 0 Å². The molecule has 2 aromatic carbocycles. The van der Waals surface area contributed by atoms with E-state index in [9.17, 15) is 9.59 Å². The predicted octanol–water partition coefficient (Wildman–Crippen LogP) is 3.52. The fourth-order valence-electron chi connectivity index (χ4n) is 2.34. The lowest BCUT2D eigenvalue weighted by Gasteiger charge is -2.13. The average molecular weight is 312 g/mol. The third-order valence-electron chi connectivity index (χ3n) is 3.39. The molecule has 2 aromatic rings. The zero-order valence-electron chi connectivity index (χ0n) is 13.7. The van der Waals surface area contributed by atoms with E-state index in [-0.39, 0.29) is 11.8 Å². The van der Waals surface area contributed by atoms with Crippen LogP contribution in [-0.4, -0.2) is 18.9 Å². The Kier molecular flexibility index (Phi) is 5.01. The number of amides is 2. The molecule has 0 spiro atoms. The van der Waals surface area contributed by atoms with Crippen LogP contribution in [0.2, 0.25) is 0 Å². The van der Waals surface area contributed by atoms with E-state index in [1.165, 1.54) is 14.0 Å². The summed E-state index contributed by atoms with van der Waals surface area (Å²) < 4.78 is 5.20. The van der Waals surface area contributed by atoms with Crippen LogP contribution >= 0.6 is 0 Å². The van der Waals surface area contributed by atoms with Crippen molar-refractivity contribution in [1.82, 2.24) is 0 Å². The Morgan fingerprint density at radius 2 is 1.74 bits per heavy atom. The van der Waals surface area contributed by atoms with Crippen LogP contribution in [0.3, 0.4) is 0 Å². The van der Waals surface area contributed by atoms with Gasteiger partial charge in [0, 0.05) is 18.2 Å². The minimum Gasteiger partial charge on any atom is -0.495 e. The van der Waals surface area contributed by atoms with Gasteiger partial charge in [-0.15, -0.1) is 0 Å². The monoisotopic (exact) mass is 312 g/mol. The topological polar surface area (TPSA) is 67.4 Å². The van der Waals surface area contributed by atoms with Gasteiger partial charge in [0.2, 0.25) is 5.91 Å². The van der Waals surface area contributed by atoms with E-state index in [4.69, 9.17) is 4.74 Å². The number of rotatable bonds is 4. The Labute approximate surface area is 135 Å². The van der Waals surface area contributed by atoms with Gasteiger partial charge in [-0.05, 0) is 43.7 Å². The van der Waals surface area contributed by atoms with Gasteiger partial charge >= 0.3 is 0 Å². The lowest BCUT2D eigenvalue weighted by molar-refractivity contribution is -0.114. The quantitative estimate of drug-likeness (QED) is 0.907. The molecule has 0 aliphatic heterocycles. The average Bonchev–Trinajstić information content (AvgIpc) is 2.46. The highest BCUT2D eigenvalue weighted by Crippen LogP contribution is 2.28. The number of hydrogen-bond acceptors (Lipinski definition) is 3. The molecule has 0 saturated carbocycles. The fourth-order valence-corrected chi connectivity index (χ4v) is 2.34. The molecule has 120 valence electrons. The molecule has 0 unspecified atom stereocenters. The summed E-state index contributed by atoms with van der Waals surface area (Å²) in [4.78, 5) is 23.7. The second-order valence-corrected chi connectivity index (χ2v) is 5.37. The number of methoxy groups -OCH3 is 1. The number of nitrogens with one attached hydrogen (secondary N) is 2. The molecule has 0 aromatic heterocycles.